The van der Waals surface area contributed by atoms with Gasteiger partial charge in [-0.2, -0.15) is 0 Å². The molecule has 12 aliphatic rings. The number of amides is 13. The number of nitrogens with zero attached hydrogens (tertiary/aromatic N) is 15. The van der Waals surface area contributed by atoms with Crippen molar-refractivity contribution in [2.75, 3.05) is 78.5 Å². The van der Waals surface area contributed by atoms with Crippen molar-refractivity contribution in [3.05, 3.63) is 10.4 Å². The third kappa shape index (κ3) is 11.7. The summed E-state index contributed by atoms with van der Waals surface area (Å²) in [4.78, 5) is 206. The monoisotopic (exact) mass is 1260 g/mol. The van der Waals surface area contributed by atoms with Crippen molar-refractivity contribution in [2.24, 2.45) is 10.8 Å². The summed E-state index contributed by atoms with van der Waals surface area (Å²) in [5.41, 5.74) is 15.2. The quantitative estimate of drug-likeness (QED) is 0.141. The molecule has 2 N–H and O–H groups in total. The molecular formula is C62H88N16O13. The molecule has 29 heteroatoms. The van der Waals surface area contributed by atoms with E-state index in [1.165, 1.54) is 41.2 Å². The molecule has 12 rings (SSSR count). The van der Waals surface area contributed by atoms with Crippen LogP contribution in [-0.4, -0.2) is 293 Å². The molecule has 91 heavy (non-hydrogen) atoms. The standard InChI is InChI=1S/C62H88N16O13/c1-37(79)67-24-3-14-40(67)52(81)69-26-5-16-42(69)54(83)71-28-7-18-44(71)56(85)73-30-8-19-45(73)57(86)74-31-10-21-47(74)59(88)76-33-12-23-49(76)61(90)78-36-38(65-66-64)35-50(78)62(91)77-34-11-22-48(77)60(89)75-32-9-20-46(75)58(87)72-29-6-17-43(72)55(84)70-27-4-15-41(70)53(82)68-25-2-13-39(68)51(63)80/h38-50H,2-36H2,1H3,(H2,63,80)/t38-,39+,40+,41+,42+,43+,44+,45+,46+,47+,48+,49+,50+/m1/s1. The average Bonchev–Trinajstić information content (AvgIpc) is 1.69. The molecule has 0 saturated carbocycles. The molecular weight excluding hydrogens is 1180 g/mol. The number of hydrogen-bond donors (Lipinski definition) is 1. The summed E-state index contributed by atoms with van der Waals surface area (Å²) in [7, 11) is 0. The molecule has 13 atom stereocenters. The number of carbonyl (C=O) groups excluding carboxylic acids is 13. The lowest BCUT2D eigenvalue weighted by Gasteiger charge is -2.38. The third-order valence-corrected chi connectivity index (χ3v) is 22.3. The molecule has 0 aromatic carbocycles. The van der Waals surface area contributed by atoms with Gasteiger partial charge in [-0.05, 0) is 153 Å². The van der Waals surface area contributed by atoms with Crippen LogP contribution in [0.15, 0.2) is 5.11 Å². The Labute approximate surface area is 529 Å². The van der Waals surface area contributed by atoms with E-state index in [2.05, 4.69) is 10.0 Å². The minimum Gasteiger partial charge on any atom is -0.368 e. The lowest BCUT2D eigenvalue weighted by Crippen LogP contribution is -2.59. The Morgan fingerprint density at radius 1 is 0.297 bits per heavy atom. The lowest BCUT2D eigenvalue weighted by molar-refractivity contribution is -0.156. The second kappa shape index (κ2) is 26.6. The summed E-state index contributed by atoms with van der Waals surface area (Å²) in [6.07, 6.45) is 10.3. The van der Waals surface area contributed by atoms with Gasteiger partial charge >= 0.3 is 0 Å². The van der Waals surface area contributed by atoms with E-state index < -0.39 is 108 Å². The molecule has 0 aromatic rings. The van der Waals surface area contributed by atoms with Crippen LogP contribution < -0.4 is 5.73 Å². The molecule has 0 aliphatic carbocycles. The van der Waals surface area contributed by atoms with Gasteiger partial charge in [-0.15, -0.1) is 0 Å². The van der Waals surface area contributed by atoms with Crippen molar-refractivity contribution in [2.45, 2.75) is 233 Å². The zero-order chi connectivity index (χ0) is 64.1. The second-order valence-corrected chi connectivity index (χ2v) is 27.3. The minimum atomic E-state index is -1.15. The summed E-state index contributed by atoms with van der Waals surface area (Å²) < 4.78 is 0. The molecule has 29 nitrogen and oxygen atoms in total. The first-order valence-electron chi connectivity index (χ1n) is 33.9. The molecule has 494 valence electrons. The van der Waals surface area contributed by atoms with Crippen LogP contribution in [-0.2, 0) is 62.3 Å². The summed E-state index contributed by atoms with van der Waals surface area (Å²) in [5, 5.41) is 3.94. The van der Waals surface area contributed by atoms with Crippen molar-refractivity contribution >= 4 is 76.8 Å². The normalized spacial score (nSPS) is 32.5. The SMILES string of the molecule is CC(=O)N1CCC[C@H]1C(=O)N1CCC[C@H]1C(=O)N1CCC[C@H]1C(=O)N1CCC[C@H]1C(=O)N1CCC[C@H]1C(=O)N1CCC[C@H]1C(=O)N1C[C@H](N=[N+]=[N-])C[C@H]1C(=O)N1CCC[C@H]1C(=O)N1CCC[C@H]1C(=O)N1CCC[C@H]1C(=O)N1CCC[C@H]1C(=O)N1CCC[C@H]1C(N)=O. The summed E-state index contributed by atoms with van der Waals surface area (Å²) in [6, 6.07) is -11.2. The summed E-state index contributed by atoms with van der Waals surface area (Å²) in [6.45, 7) is 4.69. The molecule has 12 fully saturated rings. The molecule has 12 saturated heterocycles. The number of carbonyl (C=O) groups is 13. The van der Waals surface area contributed by atoms with E-state index in [-0.39, 0.29) is 106 Å². The Balaban J connectivity index is 0.684. The van der Waals surface area contributed by atoms with Gasteiger partial charge in [-0.1, -0.05) is 5.11 Å². The number of azide groups is 1. The fraction of sp³-hybridized carbons (Fsp3) is 0.790. The zero-order valence-electron chi connectivity index (χ0n) is 52.3. The third-order valence-electron chi connectivity index (χ3n) is 22.3. The van der Waals surface area contributed by atoms with E-state index in [0.29, 0.717) is 168 Å². The topological polar surface area (TPSA) is 336 Å². The average molecular weight is 1270 g/mol. The van der Waals surface area contributed by atoms with Crippen LogP contribution in [0.4, 0.5) is 0 Å². The Morgan fingerprint density at radius 3 is 0.703 bits per heavy atom. The van der Waals surface area contributed by atoms with E-state index in [9.17, 15) is 58.3 Å². The number of primary amides is 1. The van der Waals surface area contributed by atoms with Gasteiger partial charge in [-0.3, -0.25) is 62.3 Å². The van der Waals surface area contributed by atoms with Gasteiger partial charge < -0.3 is 64.5 Å². The molecule has 0 radical (unpaired) electrons. The maximum absolute atomic E-state index is 15.1. The maximum Gasteiger partial charge on any atom is 0.246 e. The van der Waals surface area contributed by atoms with E-state index in [1.54, 1.807) is 24.5 Å². The van der Waals surface area contributed by atoms with E-state index in [1.807, 2.05) is 0 Å². The first-order valence-corrected chi connectivity index (χ1v) is 33.9. The molecule has 0 spiro atoms. The zero-order valence-corrected chi connectivity index (χ0v) is 52.3. The number of rotatable bonds is 13. The molecule has 0 unspecified atom stereocenters. The van der Waals surface area contributed by atoms with Crippen LogP contribution >= 0.6 is 0 Å². The fourth-order valence-corrected chi connectivity index (χ4v) is 17.9. The molecule has 13 amide bonds. The summed E-state index contributed by atoms with van der Waals surface area (Å²) >= 11 is 0. The van der Waals surface area contributed by atoms with Crippen LogP contribution in [0.25, 0.3) is 10.4 Å². The van der Waals surface area contributed by atoms with Gasteiger partial charge in [0.05, 0.1) is 6.04 Å². The smallest absolute Gasteiger partial charge is 0.246 e. The van der Waals surface area contributed by atoms with E-state index in [0.717, 1.165) is 0 Å². The summed E-state index contributed by atoms with van der Waals surface area (Å²) in [5.74, 6) is -4.94. The number of likely N-dealkylation sites (tertiary alicyclic amines) is 12. The van der Waals surface area contributed by atoms with Gasteiger partial charge in [0.2, 0.25) is 76.8 Å². The Hall–Kier alpha value is -7.58. The Morgan fingerprint density at radius 2 is 0.484 bits per heavy atom. The fourth-order valence-electron chi connectivity index (χ4n) is 17.9. The van der Waals surface area contributed by atoms with Gasteiger partial charge in [0.25, 0.3) is 0 Å². The highest BCUT2D eigenvalue weighted by Crippen LogP contribution is 2.37. The van der Waals surface area contributed by atoms with Crippen LogP contribution in [0, 0.1) is 0 Å². The Kier molecular flexibility index (Phi) is 18.6. The number of nitrogens with two attached hydrogens (primary N) is 1. The highest BCUT2D eigenvalue weighted by atomic mass is 16.2. The van der Waals surface area contributed by atoms with Gasteiger partial charge in [0, 0.05) is 90.4 Å². The highest BCUT2D eigenvalue weighted by Gasteiger charge is 2.55. The maximum atomic E-state index is 15.1. The van der Waals surface area contributed by atoms with Crippen LogP contribution in [0.2, 0.25) is 0 Å². The minimum absolute atomic E-state index is 0.0242. The molecule has 12 aliphatic heterocycles. The van der Waals surface area contributed by atoms with Crippen molar-refractivity contribution in [3.8, 4) is 0 Å². The molecule has 0 bridgehead atoms. The van der Waals surface area contributed by atoms with Gasteiger partial charge in [-0.25, -0.2) is 0 Å². The van der Waals surface area contributed by atoms with E-state index in [4.69, 9.17) is 5.73 Å². The second-order valence-electron chi connectivity index (χ2n) is 27.3. The van der Waals surface area contributed by atoms with Crippen molar-refractivity contribution in [3.63, 3.8) is 0 Å². The van der Waals surface area contributed by atoms with E-state index >= 15 is 9.59 Å². The molecule has 0 aromatic heterocycles. The van der Waals surface area contributed by atoms with Crippen molar-refractivity contribution in [1.29, 1.82) is 0 Å². The van der Waals surface area contributed by atoms with Crippen molar-refractivity contribution < 1.29 is 62.3 Å². The van der Waals surface area contributed by atoms with Crippen LogP contribution in [0.5, 0.6) is 0 Å². The van der Waals surface area contributed by atoms with Gasteiger partial charge in [0.15, 0.2) is 0 Å². The van der Waals surface area contributed by atoms with Gasteiger partial charge in [0.1, 0.15) is 72.5 Å². The highest BCUT2D eigenvalue weighted by molar-refractivity contribution is 6.01. The largest absolute Gasteiger partial charge is 0.368 e. The first kappa shape index (κ1) is 63.6. The predicted octanol–water partition coefficient (Wildman–Crippen LogP) is -0.328. The number of hydrogen-bond acceptors (Lipinski definition) is 14. The Bertz CT molecular complexity index is 3030. The predicted molar refractivity (Wildman–Crippen MR) is 320 cm³/mol. The molecule has 12 heterocycles. The van der Waals surface area contributed by atoms with Crippen LogP contribution in [0.3, 0.4) is 0 Å². The first-order chi connectivity index (χ1) is 43.9. The van der Waals surface area contributed by atoms with Crippen LogP contribution in [0.1, 0.15) is 155 Å². The van der Waals surface area contributed by atoms with Crippen molar-refractivity contribution in [1.82, 2.24) is 58.8 Å². The lowest BCUT2D eigenvalue weighted by atomic mass is 10.1.